The van der Waals surface area contributed by atoms with Gasteiger partial charge in [0.05, 0.1) is 6.04 Å². The fraction of sp³-hybridized carbons (Fsp3) is 0.833. The smallest absolute Gasteiger partial charge is 0.326 e. The Balaban J connectivity index is 2.65. The summed E-state index contributed by atoms with van der Waals surface area (Å²) in [6, 6.07) is -0.881. The quantitative estimate of drug-likeness (QED) is 0.774. The lowest BCUT2D eigenvalue weighted by molar-refractivity contribution is -0.150. The summed E-state index contributed by atoms with van der Waals surface area (Å²) in [5.74, 6) is -1.02. The first-order chi connectivity index (χ1) is 7.99. The van der Waals surface area contributed by atoms with Crippen LogP contribution in [0.3, 0.4) is 0 Å². The molecule has 0 bridgehead atoms. The third-order valence-electron chi connectivity index (χ3n) is 3.45. The summed E-state index contributed by atoms with van der Waals surface area (Å²) in [5.41, 5.74) is 0. The molecule has 1 aliphatic heterocycles. The number of rotatable bonds is 5. The van der Waals surface area contributed by atoms with E-state index in [4.69, 9.17) is 5.11 Å². The first-order valence-corrected chi connectivity index (χ1v) is 6.22. The van der Waals surface area contributed by atoms with Gasteiger partial charge in [-0.05, 0) is 39.3 Å². The zero-order chi connectivity index (χ0) is 13.0. The van der Waals surface area contributed by atoms with Crippen molar-refractivity contribution in [3.63, 3.8) is 0 Å². The number of nitrogens with zero attached hydrogens (tertiary/aromatic N) is 2. The summed E-state index contributed by atoms with van der Waals surface area (Å²) in [4.78, 5) is 26.6. The SMILES string of the molecule is CCCN1CCCC1C(=O)N(C)C(C)C(=O)O. The van der Waals surface area contributed by atoms with E-state index in [9.17, 15) is 9.59 Å². The molecule has 0 aromatic carbocycles. The molecule has 0 radical (unpaired) electrons. The lowest BCUT2D eigenvalue weighted by atomic mass is 10.1. The van der Waals surface area contributed by atoms with Crippen molar-refractivity contribution < 1.29 is 14.7 Å². The van der Waals surface area contributed by atoms with E-state index in [1.807, 2.05) is 0 Å². The lowest BCUT2D eigenvalue weighted by Gasteiger charge is -2.29. The summed E-state index contributed by atoms with van der Waals surface area (Å²) in [7, 11) is 1.57. The molecule has 5 heteroatoms. The highest BCUT2D eigenvalue weighted by atomic mass is 16.4. The van der Waals surface area contributed by atoms with Gasteiger partial charge in [-0.1, -0.05) is 6.92 Å². The molecule has 2 unspecified atom stereocenters. The minimum Gasteiger partial charge on any atom is -0.480 e. The zero-order valence-electron chi connectivity index (χ0n) is 10.8. The Morgan fingerprint density at radius 3 is 2.71 bits per heavy atom. The van der Waals surface area contributed by atoms with Crippen LogP contribution in [-0.4, -0.2) is 59.0 Å². The van der Waals surface area contributed by atoms with Crippen LogP contribution in [0.5, 0.6) is 0 Å². The van der Waals surface area contributed by atoms with E-state index in [0.29, 0.717) is 0 Å². The van der Waals surface area contributed by atoms with Crippen LogP contribution in [-0.2, 0) is 9.59 Å². The molecule has 1 N–H and O–H groups in total. The molecule has 0 saturated carbocycles. The van der Waals surface area contributed by atoms with E-state index in [0.717, 1.165) is 32.4 Å². The minimum absolute atomic E-state index is 0.0640. The fourth-order valence-corrected chi connectivity index (χ4v) is 2.25. The van der Waals surface area contributed by atoms with Crippen LogP contribution in [0, 0.1) is 0 Å². The van der Waals surface area contributed by atoms with Crippen molar-refractivity contribution in [3.05, 3.63) is 0 Å². The number of carboxylic acids is 1. The summed E-state index contributed by atoms with van der Waals surface area (Å²) in [6.07, 6.45) is 2.88. The van der Waals surface area contributed by atoms with Crippen LogP contribution >= 0.6 is 0 Å². The number of carbonyl (C=O) groups is 2. The van der Waals surface area contributed by atoms with E-state index in [2.05, 4.69) is 11.8 Å². The number of likely N-dealkylation sites (tertiary alicyclic amines) is 1. The maximum absolute atomic E-state index is 12.2. The van der Waals surface area contributed by atoms with E-state index >= 15 is 0 Å². The number of aliphatic carboxylic acids is 1. The minimum atomic E-state index is -0.958. The molecule has 0 aromatic rings. The molecule has 0 aliphatic carbocycles. The number of hydrogen-bond acceptors (Lipinski definition) is 3. The first-order valence-electron chi connectivity index (χ1n) is 6.22. The normalized spacial score (nSPS) is 22.4. The third-order valence-corrected chi connectivity index (χ3v) is 3.45. The Morgan fingerprint density at radius 2 is 2.18 bits per heavy atom. The average molecular weight is 242 g/mol. The Morgan fingerprint density at radius 1 is 1.53 bits per heavy atom. The second-order valence-corrected chi connectivity index (χ2v) is 4.66. The predicted molar refractivity (Wildman–Crippen MR) is 64.8 cm³/mol. The molecular formula is C12H22N2O3. The van der Waals surface area contributed by atoms with Crippen LogP contribution in [0.4, 0.5) is 0 Å². The van der Waals surface area contributed by atoms with E-state index < -0.39 is 12.0 Å². The molecule has 1 fully saturated rings. The molecule has 1 amide bonds. The van der Waals surface area contributed by atoms with Crippen LogP contribution in [0.25, 0.3) is 0 Å². The van der Waals surface area contributed by atoms with Crippen molar-refractivity contribution in [2.75, 3.05) is 20.1 Å². The number of hydrogen-bond donors (Lipinski definition) is 1. The molecule has 5 nitrogen and oxygen atoms in total. The van der Waals surface area contributed by atoms with Crippen LogP contribution in [0.15, 0.2) is 0 Å². The van der Waals surface area contributed by atoms with Crippen LogP contribution < -0.4 is 0 Å². The molecule has 98 valence electrons. The molecule has 1 aliphatic rings. The second-order valence-electron chi connectivity index (χ2n) is 4.66. The Kier molecular flexibility index (Phi) is 4.93. The lowest BCUT2D eigenvalue weighted by Crippen LogP contribution is -2.49. The van der Waals surface area contributed by atoms with Gasteiger partial charge in [-0.25, -0.2) is 4.79 Å². The number of amides is 1. The van der Waals surface area contributed by atoms with Crippen LogP contribution in [0.2, 0.25) is 0 Å². The largest absolute Gasteiger partial charge is 0.480 e. The van der Waals surface area contributed by atoms with E-state index in [1.54, 1.807) is 14.0 Å². The van der Waals surface area contributed by atoms with Gasteiger partial charge in [0, 0.05) is 7.05 Å². The number of carbonyl (C=O) groups excluding carboxylic acids is 1. The monoisotopic (exact) mass is 242 g/mol. The highest BCUT2D eigenvalue weighted by Crippen LogP contribution is 2.19. The third kappa shape index (κ3) is 3.19. The Labute approximate surface area is 102 Å². The molecule has 0 spiro atoms. The summed E-state index contributed by atoms with van der Waals surface area (Å²) in [5, 5.41) is 8.91. The van der Waals surface area contributed by atoms with E-state index in [-0.39, 0.29) is 11.9 Å². The summed E-state index contributed by atoms with van der Waals surface area (Å²) >= 11 is 0. The molecule has 17 heavy (non-hydrogen) atoms. The molecule has 1 saturated heterocycles. The molecule has 1 rings (SSSR count). The van der Waals surface area contributed by atoms with Crippen molar-refractivity contribution in [1.82, 2.24) is 9.80 Å². The topological polar surface area (TPSA) is 60.9 Å². The van der Waals surface area contributed by atoms with Crippen molar-refractivity contribution in [2.45, 2.75) is 45.2 Å². The highest BCUT2D eigenvalue weighted by molar-refractivity contribution is 5.86. The van der Waals surface area contributed by atoms with Crippen molar-refractivity contribution in [3.8, 4) is 0 Å². The molecule has 2 atom stereocenters. The van der Waals surface area contributed by atoms with Crippen molar-refractivity contribution in [1.29, 1.82) is 0 Å². The number of likely N-dealkylation sites (N-methyl/N-ethyl adjacent to an activating group) is 1. The summed E-state index contributed by atoms with van der Waals surface area (Å²) in [6.45, 7) is 5.48. The second kappa shape index (κ2) is 6.00. The standard InChI is InChI=1S/C12H22N2O3/c1-4-7-14-8-5-6-10(14)11(15)13(3)9(2)12(16)17/h9-10H,4-8H2,1-3H3,(H,16,17). The van der Waals surface area contributed by atoms with Gasteiger partial charge in [-0.3, -0.25) is 9.69 Å². The number of carboxylic acid groups (broad SMARTS) is 1. The predicted octanol–water partition coefficient (Wildman–Crippen LogP) is 0.792. The van der Waals surface area contributed by atoms with Gasteiger partial charge in [0.25, 0.3) is 0 Å². The fourth-order valence-electron chi connectivity index (χ4n) is 2.25. The van der Waals surface area contributed by atoms with Gasteiger partial charge in [-0.15, -0.1) is 0 Å². The van der Waals surface area contributed by atoms with Gasteiger partial charge in [0.2, 0.25) is 5.91 Å². The van der Waals surface area contributed by atoms with Gasteiger partial charge in [0.15, 0.2) is 0 Å². The summed E-state index contributed by atoms with van der Waals surface area (Å²) < 4.78 is 0. The zero-order valence-corrected chi connectivity index (χ0v) is 10.8. The molecular weight excluding hydrogens is 220 g/mol. The average Bonchev–Trinajstić information content (AvgIpc) is 2.74. The Bertz CT molecular complexity index is 293. The van der Waals surface area contributed by atoms with Gasteiger partial charge < -0.3 is 10.0 Å². The van der Waals surface area contributed by atoms with E-state index in [1.165, 1.54) is 4.90 Å². The Hall–Kier alpha value is -1.10. The maximum Gasteiger partial charge on any atom is 0.326 e. The van der Waals surface area contributed by atoms with Crippen molar-refractivity contribution >= 4 is 11.9 Å². The molecule has 1 heterocycles. The van der Waals surface area contributed by atoms with Crippen molar-refractivity contribution in [2.24, 2.45) is 0 Å². The maximum atomic E-state index is 12.2. The van der Waals surface area contributed by atoms with Gasteiger partial charge in [-0.2, -0.15) is 0 Å². The van der Waals surface area contributed by atoms with Gasteiger partial charge >= 0.3 is 5.97 Å². The van der Waals surface area contributed by atoms with Gasteiger partial charge in [0.1, 0.15) is 6.04 Å². The first kappa shape index (κ1) is 14.0. The molecule has 0 aromatic heterocycles. The van der Waals surface area contributed by atoms with Crippen LogP contribution in [0.1, 0.15) is 33.1 Å². The highest BCUT2D eigenvalue weighted by Gasteiger charge is 2.34.